The second-order valence-electron chi connectivity index (χ2n) is 4.00. The van der Waals surface area contributed by atoms with E-state index >= 15 is 0 Å². The van der Waals surface area contributed by atoms with Crippen molar-refractivity contribution >= 4 is 0 Å². The molecule has 0 fully saturated rings. The molecule has 3 N–H and O–H groups in total. The summed E-state index contributed by atoms with van der Waals surface area (Å²) < 4.78 is 0. The number of nitrogens with one attached hydrogen (secondary N) is 2. The molecule has 0 spiro atoms. The quantitative estimate of drug-likeness (QED) is 0.582. The van der Waals surface area contributed by atoms with E-state index in [4.69, 9.17) is 0 Å². The Labute approximate surface area is 85.9 Å². The molecular weight excluding hydrogens is 176 g/mol. The fraction of sp³-hybridized carbons (Fsp3) is 0.636. The Kier molecular flexibility index (Phi) is 3.86. The van der Waals surface area contributed by atoms with Crippen LogP contribution in [0.2, 0.25) is 0 Å². The summed E-state index contributed by atoms with van der Waals surface area (Å²) in [5.74, 6) is 0. The van der Waals surface area contributed by atoms with E-state index in [1.54, 1.807) is 6.92 Å². The Balaban J connectivity index is 2.59. The van der Waals surface area contributed by atoms with Crippen molar-refractivity contribution in [3.63, 3.8) is 0 Å². The summed E-state index contributed by atoms with van der Waals surface area (Å²) in [5.41, 5.74) is 1.15. The highest BCUT2D eigenvalue weighted by atomic mass is 16.3. The average molecular weight is 196 g/mol. The number of hydrogen-bond acceptors (Lipinski definition) is 3. The van der Waals surface area contributed by atoms with Crippen LogP contribution in [-0.2, 0) is 0 Å². The zero-order valence-electron chi connectivity index (χ0n) is 9.17. The van der Waals surface area contributed by atoms with Gasteiger partial charge in [-0.25, -0.2) is 0 Å². The van der Waals surface area contributed by atoms with Gasteiger partial charge in [-0.3, -0.25) is 10.6 Å². The van der Waals surface area contributed by atoms with Gasteiger partial charge in [0.2, 0.25) is 0 Å². The van der Waals surface area contributed by atoms with Crippen molar-refractivity contribution in [2.75, 3.05) is 13.6 Å². The molecule has 0 radical (unpaired) electrons. The summed E-state index contributed by atoms with van der Waals surface area (Å²) in [6, 6.07) is 0. The minimum atomic E-state index is -0.320. The van der Waals surface area contributed by atoms with E-state index in [1.165, 1.54) is 5.57 Å². The van der Waals surface area contributed by atoms with Crippen LogP contribution in [-0.4, -0.2) is 30.5 Å². The van der Waals surface area contributed by atoms with Gasteiger partial charge in [0.05, 0.1) is 11.8 Å². The Hall–Kier alpha value is -0.640. The molecule has 1 aliphatic carbocycles. The molecule has 0 bridgehead atoms. The number of aliphatic hydroxyl groups excluding tert-OH is 1. The third-order valence-electron chi connectivity index (χ3n) is 2.48. The summed E-state index contributed by atoms with van der Waals surface area (Å²) in [5, 5.41) is 15.8. The molecule has 1 aliphatic rings. The normalized spacial score (nSPS) is 28.7. The number of aliphatic hydroxyl groups is 1. The van der Waals surface area contributed by atoms with Gasteiger partial charge >= 0.3 is 0 Å². The molecule has 0 heterocycles. The summed E-state index contributed by atoms with van der Waals surface area (Å²) >= 11 is 0. The number of likely N-dealkylation sites (N-methyl/N-ethyl adjacent to an activating group) is 1. The van der Waals surface area contributed by atoms with Gasteiger partial charge < -0.3 is 5.11 Å². The van der Waals surface area contributed by atoms with Crippen LogP contribution in [0.1, 0.15) is 20.3 Å². The third-order valence-corrected chi connectivity index (χ3v) is 2.48. The van der Waals surface area contributed by atoms with Crippen LogP contribution in [0.5, 0.6) is 0 Å². The molecule has 2 unspecified atom stereocenters. The zero-order chi connectivity index (χ0) is 10.6. The van der Waals surface area contributed by atoms with Crippen molar-refractivity contribution in [2.45, 2.75) is 32.0 Å². The molecule has 14 heavy (non-hydrogen) atoms. The van der Waals surface area contributed by atoms with Crippen LogP contribution in [0.3, 0.4) is 0 Å². The van der Waals surface area contributed by atoms with Crippen LogP contribution in [0.25, 0.3) is 0 Å². The van der Waals surface area contributed by atoms with Gasteiger partial charge in [-0.1, -0.05) is 17.7 Å². The summed E-state index contributed by atoms with van der Waals surface area (Å²) in [4.78, 5) is 0. The lowest BCUT2D eigenvalue weighted by Crippen LogP contribution is -2.56. The first-order chi connectivity index (χ1) is 6.58. The topological polar surface area (TPSA) is 44.3 Å². The average Bonchev–Trinajstić information content (AvgIpc) is 2.15. The predicted molar refractivity (Wildman–Crippen MR) is 59.0 cm³/mol. The van der Waals surface area contributed by atoms with Crippen molar-refractivity contribution in [3.8, 4) is 0 Å². The monoisotopic (exact) mass is 196 g/mol. The first-order valence-corrected chi connectivity index (χ1v) is 5.05. The molecule has 0 saturated heterocycles. The molecule has 0 amide bonds. The minimum absolute atomic E-state index is 0.185. The molecule has 0 saturated carbocycles. The molecule has 0 aromatic heterocycles. The molecule has 2 atom stereocenters. The van der Waals surface area contributed by atoms with E-state index in [0.717, 1.165) is 6.42 Å². The highest BCUT2D eigenvalue weighted by Gasteiger charge is 2.26. The standard InChI is InChI=1S/C11H20N2O/c1-9-5-4-6-11(7-9,12-3)13-8-10(2)14/h4-6,10,12-14H,7-8H2,1-3H3. The van der Waals surface area contributed by atoms with Crippen molar-refractivity contribution in [3.05, 3.63) is 23.8 Å². The molecular formula is C11H20N2O. The van der Waals surface area contributed by atoms with Crippen molar-refractivity contribution < 1.29 is 5.11 Å². The van der Waals surface area contributed by atoms with E-state index in [2.05, 4.69) is 29.7 Å². The third kappa shape index (κ3) is 2.94. The Morgan fingerprint density at radius 2 is 2.36 bits per heavy atom. The van der Waals surface area contributed by atoms with Crippen LogP contribution < -0.4 is 10.6 Å². The van der Waals surface area contributed by atoms with Gasteiger partial charge in [-0.15, -0.1) is 0 Å². The maximum Gasteiger partial charge on any atom is 0.0918 e. The lowest BCUT2D eigenvalue weighted by molar-refractivity contribution is 0.172. The van der Waals surface area contributed by atoms with Crippen molar-refractivity contribution in [1.82, 2.24) is 10.6 Å². The minimum Gasteiger partial charge on any atom is -0.392 e. The number of rotatable bonds is 4. The smallest absolute Gasteiger partial charge is 0.0918 e. The van der Waals surface area contributed by atoms with Crippen LogP contribution >= 0.6 is 0 Å². The van der Waals surface area contributed by atoms with E-state index in [1.807, 2.05) is 13.1 Å². The van der Waals surface area contributed by atoms with Gasteiger partial charge in [-0.05, 0) is 27.0 Å². The first kappa shape index (κ1) is 11.4. The van der Waals surface area contributed by atoms with E-state index in [0.29, 0.717) is 6.54 Å². The molecule has 1 rings (SSSR count). The fourth-order valence-electron chi connectivity index (χ4n) is 1.65. The lowest BCUT2D eigenvalue weighted by atomic mass is 9.95. The Morgan fingerprint density at radius 3 is 2.86 bits per heavy atom. The molecule has 80 valence electrons. The van der Waals surface area contributed by atoms with Gasteiger partial charge in [0, 0.05) is 13.0 Å². The van der Waals surface area contributed by atoms with E-state index in [-0.39, 0.29) is 11.8 Å². The molecule has 0 aromatic carbocycles. The van der Waals surface area contributed by atoms with Gasteiger partial charge in [0.15, 0.2) is 0 Å². The van der Waals surface area contributed by atoms with E-state index in [9.17, 15) is 5.11 Å². The highest BCUT2D eigenvalue weighted by Crippen LogP contribution is 2.19. The number of hydrogen-bond donors (Lipinski definition) is 3. The SMILES string of the molecule is CNC1(NCC(C)O)C=CC=C(C)C1. The largest absolute Gasteiger partial charge is 0.392 e. The van der Waals surface area contributed by atoms with Gasteiger partial charge in [-0.2, -0.15) is 0 Å². The van der Waals surface area contributed by atoms with Gasteiger partial charge in [0.1, 0.15) is 0 Å². The maximum atomic E-state index is 9.23. The summed E-state index contributed by atoms with van der Waals surface area (Å²) in [6.07, 6.45) is 6.87. The fourth-order valence-corrected chi connectivity index (χ4v) is 1.65. The Morgan fingerprint density at radius 1 is 1.64 bits per heavy atom. The van der Waals surface area contributed by atoms with Crippen LogP contribution in [0.15, 0.2) is 23.8 Å². The molecule has 0 aromatic rings. The van der Waals surface area contributed by atoms with E-state index < -0.39 is 0 Å². The Bertz CT molecular complexity index is 246. The lowest BCUT2D eigenvalue weighted by Gasteiger charge is -2.34. The second kappa shape index (κ2) is 4.73. The van der Waals surface area contributed by atoms with Crippen LogP contribution in [0.4, 0.5) is 0 Å². The highest BCUT2D eigenvalue weighted by molar-refractivity contribution is 5.25. The summed E-state index contributed by atoms with van der Waals surface area (Å²) in [6.45, 7) is 4.49. The molecule has 3 nitrogen and oxygen atoms in total. The van der Waals surface area contributed by atoms with Crippen LogP contribution in [0, 0.1) is 0 Å². The second-order valence-corrected chi connectivity index (χ2v) is 4.00. The first-order valence-electron chi connectivity index (χ1n) is 5.05. The zero-order valence-corrected chi connectivity index (χ0v) is 9.17. The van der Waals surface area contributed by atoms with Gasteiger partial charge in [0.25, 0.3) is 0 Å². The van der Waals surface area contributed by atoms with Crippen molar-refractivity contribution in [2.24, 2.45) is 0 Å². The molecule has 3 heteroatoms. The predicted octanol–water partition coefficient (Wildman–Crippen LogP) is 0.779. The number of allylic oxidation sites excluding steroid dienone is 2. The summed E-state index contributed by atoms with van der Waals surface area (Å²) in [7, 11) is 1.93. The molecule has 0 aliphatic heterocycles. The van der Waals surface area contributed by atoms with Crippen molar-refractivity contribution in [1.29, 1.82) is 0 Å². The maximum absolute atomic E-state index is 9.23.